The van der Waals surface area contributed by atoms with Crippen LogP contribution in [0.15, 0.2) is 117 Å². The standard InChI is InChI=1S/C32H26Cl2N2O6S/c1-21-30(32(38)41-2)29(31(37)36(21)25-12-8-23(33)9-13-25)18-26-14-15-27(42-26)20-35(19-22-6-4-3-5-7-22)43(39,40)28-16-10-24(34)11-17-28/h3-18H,19-20H2,1-2H3/b29-18+. The van der Waals surface area contributed by atoms with Crippen molar-refractivity contribution in [3.63, 3.8) is 0 Å². The Kier molecular flexibility index (Phi) is 8.89. The van der Waals surface area contributed by atoms with Crippen LogP contribution < -0.4 is 4.90 Å². The largest absolute Gasteiger partial charge is 0.465 e. The molecule has 0 unspecified atom stereocenters. The highest BCUT2D eigenvalue weighted by atomic mass is 35.5. The van der Waals surface area contributed by atoms with Crippen molar-refractivity contribution in [2.24, 2.45) is 0 Å². The van der Waals surface area contributed by atoms with E-state index in [2.05, 4.69) is 0 Å². The van der Waals surface area contributed by atoms with Crippen LogP contribution in [0.4, 0.5) is 5.69 Å². The summed E-state index contributed by atoms with van der Waals surface area (Å²) in [6.45, 7) is 1.65. The van der Waals surface area contributed by atoms with E-state index in [0.29, 0.717) is 27.2 Å². The number of nitrogens with zero attached hydrogens (tertiary/aromatic N) is 2. The van der Waals surface area contributed by atoms with E-state index in [1.165, 1.54) is 46.7 Å². The second-order valence-electron chi connectivity index (χ2n) is 9.64. The number of hydrogen-bond donors (Lipinski definition) is 0. The van der Waals surface area contributed by atoms with Gasteiger partial charge in [0.1, 0.15) is 11.5 Å². The molecule has 0 aliphatic carbocycles. The molecule has 0 fully saturated rings. The van der Waals surface area contributed by atoms with E-state index in [4.69, 9.17) is 32.4 Å². The van der Waals surface area contributed by atoms with Gasteiger partial charge in [-0.1, -0.05) is 53.5 Å². The number of sulfonamides is 1. The molecule has 220 valence electrons. The number of rotatable bonds is 9. The Labute approximate surface area is 259 Å². The zero-order chi connectivity index (χ0) is 30.7. The average molecular weight is 638 g/mol. The van der Waals surface area contributed by atoms with Crippen molar-refractivity contribution in [3.8, 4) is 0 Å². The lowest BCUT2D eigenvalue weighted by molar-refractivity contribution is -0.136. The van der Waals surface area contributed by atoms with Crippen molar-refractivity contribution in [1.82, 2.24) is 4.31 Å². The van der Waals surface area contributed by atoms with Crippen molar-refractivity contribution in [1.29, 1.82) is 0 Å². The molecule has 0 N–H and O–H groups in total. The summed E-state index contributed by atoms with van der Waals surface area (Å²) in [6.07, 6.45) is 1.45. The molecule has 0 bridgehead atoms. The van der Waals surface area contributed by atoms with Gasteiger partial charge in [0.25, 0.3) is 5.91 Å². The maximum Gasteiger partial charge on any atom is 0.340 e. The summed E-state index contributed by atoms with van der Waals surface area (Å²) in [4.78, 5) is 27.8. The third-order valence-electron chi connectivity index (χ3n) is 6.83. The van der Waals surface area contributed by atoms with Gasteiger partial charge in [0.05, 0.1) is 29.7 Å². The summed E-state index contributed by atoms with van der Waals surface area (Å²) in [5.74, 6) is -0.535. The minimum absolute atomic E-state index is 0.0788. The number of carbonyl (C=O) groups excluding carboxylic acids is 2. The number of halogens is 2. The van der Waals surface area contributed by atoms with Gasteiger partial charge < -0.3 is 9.15 Å². The molecule has 1 amide bonds. The molecule has 3 aromatic carbocycles. The van der Waals surface area contributed by atoms with Crippen molar-refractivity contribution in [2.75, 3.05) is 12.0 Å². The number of benzene rings is 3. The second kappa shape index (κ2) is 12.6. The van der Waals surface area contributed by atoms with Gasteiger partial charge in [-0.15, -0.1) is 0 Å². The summed E-state index contributed by atoms with van der Waals surface area (Å²) >= 11 is 12.0. The highest BCUT2D eigenvalue weighted by molar-refractivity contribution is 7.89. The SMILES string of the molecule is COC(=O)C1=C(C)N(c2ccc(Cl)cc2)C(=O)/C1=C/c1ccc(CN(Cc2ccccc2)S(=O)(=O)c2ccc(Cl)cc2)o1. The number of carbonyl (C=O) groups is 2. The molecular formula is C32H26Cl2N2O6S. The van der Waals surface area contributed by atoms with Crippen molar-refractivity contribution < 1.29 is 27.2 Å². The third kappa shape index (κ3) is 6.45. The van der Waals surface area contributed by atoms with Gasteiger partial charge in [-0.3, -0.25) is 9.69 Å². The first kappa shape index (κ1) is 30.3. The first-order chi connectivity index (χ1) is 20.6. The molecule has 0 saturated heterocycles. The van der Waals surface area contributed by atoms with Crippen LogP contribution in [0.25, 0.3) is 6.08 Å². The Hall–Kier alpha value is -4.15. The van der Waals surface area contributed by atoms with Crippen molar-refractivity contribution >= 4 is 56.9 Å². The summed E-state index contributed by atoms with van der Waals surface area (Å²) in [5, 5.41) is 0.924. The predicted molar refractivity (Wildman–Crippen MR) is 165 cm³/mol. The Morgan fingerprint density at radius 2 is 1.53 bits per heavy atom. The molecule has 8 nitrogen and oxygen atoms in total. The number of ether oxygens (including phenoxy) is 1. The zero-order valence-electron chi connectivity index (χ0n) is 23.2. The topological polar surface area (TPSA) is 97.1 Å². The monoisotopic (exact) mass is 636 g/mol. The first-order valence-corrected chi connectivity index (χ1v) is 15.3. The molecule has 4 aromatic rings. The van der Waals surface area contributed by atoms with Gasteiger partial charge in [0.15, 0.2) is 0 Å². The number of anilines is 1. The number of amides is 1. The highest BCUT2D eigenvalue weighted by Crippen LogP contribution is 2.36. The van der Waals surface area contributed by atoms with E-state index in [9.17, 15) is 18.0 Å². The highest BCUT2D eigenvalue weighted by Gasteiger charge is 2.38. The molecule has 0 atom stereocenters. The van der Waals surface area contributed by atoms with Gasteiger partial charge in [-0.05, 0) is 79.2 Å². The van der Waals surface area contributed by atoms with Crippen LogP contribution in [-0.4, -0.2) is 31.7 Å². The van der Waals surface area contributed by atoms with Crippen molar-refractivity contribution in [3.05, 3.63) is 135 Å². The van der Waals surface area contributed by atoms with Crippen LogP contribution >= 0.6 is 23.2 Å². The Bertz CT molecular complexity index is 1830. The second-order valence-corrected chi connectivity index (χ2v) is 12.5. The molecular weight excluding hydrogens is 611 g/mol. The number of hydrogen-bond acceptors (Lipinski definition) is 6. The van der Waals surface area contributed by atoms with E-state index in [1.807, 2.05) is 30.3 Å². The number of methoxy groups -OCH3 is 1. The van der Waals surface area contributed by atoms with Crippen LogP contribution in [0.2, 0.25) is 10.0 Å². The van der Waals surface area contributed by atoms with Gasteiger partial charge in [0.2, 0.25) is 10.0 Å². The van der Waals surface area contributed by atoms with Crippen LogP contribution in [0, 0.1) is 0 Å². The Morgan fingerprint density at radius 3 is 2.16 bits per heavy atom. The molecule has 0 saturated carbocycles. The summed E-state index contributed by atoms with van der Waals surface area (Å²) in [6, 6.07) is 25.0. The number of esters is 1. The molecule has 5 rings (SSSR count). The molecule has 2 heterocycles. The fourth-order valence-electron chi connectivity index (χ4n) is 4.72. The summed E-state index contributed by atoms with van der Waals surface area (Å²) in [7, 11) is -2.71. The number of furan rings is 1. The van der Waals surface area contributed by atoms with Gasteiger partial charge in [-0.2, -0.15) is 4.31 Å². The van der Waals surface area contributed by atoms with Crippen LogP contribution in [-0.2, 0) is 37.4 Å². The molecule has 1 aliphatic heterocycles. The van der Waals surface area contributed by atoms with E-state index in [-0.39, 0.29) is 34.9 Å². The molecule has 1 aromatic heterocycles. The van der Waals surface area contributed by atoms with Gasteiger partial charge in [0, 0.05) is 28.0 Å². The minimum atomic E-state index is -3.95. The molecule has 0 spiro atoms. The van der Waals surface area contributed by atoms with Crippen molar-refractivity contribution in [2.45, 2.75) is 24.9 Å². The third-order valence-corrected chi connectivity index (χ3v) is 9.14. The lowest BCUT2D eigenvalue weighted by atomic mass is 10.1. The van der Waals surface area contributed by atoms with E-state index in [1.54, 1.807) is 43.3 Å². The zero-order valence-corrected chi connectivity index (χ0v) is 25.5. The Balaban J connectivity index is 1.48. The molecule has 43 heavy (non-hydrogen) atoms. The molecule has 1 aliphatic rings. The normalized spacial score (nSPS) is 14.7. The molecule has 0 radical (unpaired) electrons. The maximum absolute atomic E-state index is 13.7. The quantitative estimate of drug-likeness (QED) is 0.147. The predicted octanol–water partition coefficient (Wildman–Crippen LogP) is 6.85. The first-order valence-electron chi connectivity index (χ1n) is 13.1. The van der Waals surface area contributed by atoms with Crippen LogP contribution in [0.3, 0.4) is 0 Å². The maximum atomic E-state index is 13.7. The lowest BCUT2D eigenvalue weighted by Gasteiger charge is -2.21. The minimum Gasteiger partial charge on any atom is -0.465 e. The summed E-state index contributed by atoms with van der Waals surface area (Å²) in [5.41, 5.74) is 1.88. The van der Waals surface area contributed by atoms with E-state index < -0.39 is 21.9 Å². The van der Waals surface area contributed by atoms with Crippen LogP contribution in [0.1, 0.15) is 24.0 Å². The smallest absolute Gasteiger partial charge is 0.340 e. The van der Waals surface area contributed by atoms with Gasteiger partial charge >= 0.3 is 5.97 Å². The van der Waals surface area contributed by atoms with E-state index >= 15 is 0 Å². The molecule has 11 heteroatoms. The fraction of sp³-hybridized carbons (Fsp3) is 0.125. The Morgan fingerprint density at radius 1 is 0.907 bits per heavy atom. The lowest BCUT2D eigenvalue weighted by Crippen LogP contribution is -2.30. The number of allylic oxidation sites excluding steroid dienone is 1. The van der Waals surface area contributed by atoms with Crippen LogP contribution in [0.5, 0.6) is 0 Å². The summed E-state index contributed by atoms with van der Waals surface area (Å²) < 4.78 is 39.6. The van der Waals surface area contributed by atoms with Gasteiger partial charge in [-0.25, -0.2) is 13.2 Å². The fourth-order valence-corrected chi connectivity index (χ4v) is 6.37. The van der Waals surface area contributed by atoms with E-state index in [0.717, 1.165) is 5.56 Å². The average Bonchev–Trinajstić information content (AvgIpc) is 3.54.